The number of ether oxygens (including phenoxy) is 2. The summed E-state index contributed by atoms with van der Waals surface area (Å²) in [6.07, 6.45) is 3.58. The molecule has 158 valence electrons. The minimum absolute atomic E-state index is 0.475. The molecule has 5 aromatic rings. The average Bonchev–Trinajstić information content (AvgIpc) is 3.33. The zero-order valence-corrected chi connectivity index (χ0v) is 18.4. The third kappa shape index (κ3) is 4.43. The van der Waals surface area contributed by atoms with Crippen molar-refractivity contribution in [1.29, 1.82) is 0 Å². The zero-order chi connectivity index (χ0) is 21.8. The van der Waals surface area contributed by atoms with Crippen LogP contribution in [0.1, 0.15) is 5.56 Å². The van der Waals surface area contributed by atoms with E-state index in [-0.39, 0.29) is 0 Å². The van der Waals surface area contributed by atoms with E-state index in [0.717, 1.165) is 34.0 Å². The molecule has 0 atom stereocenters. The van der Waals surface area contributed by atoms with Gasteiger partial charge >= 0.3 is 0 Å². The van der Waals surface area contributed by atoms with Crippen LogP contribution in [0.2, 0.25) is 0 Å². The Bertz CT molecular complexity index is 1330. The van der Waals surface area contributed by atoms with E-state index in [9.17, 15) is 0 Å². The number of pyridine rings is 1. The monoisotopic (exact) mass is 438 g/mol. The van der Waals surface area contributed by atoms with Crippen molar-refractivity contribution < 1.29 is 9.47 Å². The van der Waals surface area contributed by atoms with Crippen LogP contribution in [-0.4, -0.2) is 12.1 Å². The number of benzene rings is 3. The smallest absolute Gasteiger partial charge is 0.122 e. The summed E-state index contributed by atoms with van der Waals surface area (Å²) in [5.74, 6) is 1.64. The second-order valence-electron chi connectivity index (χ2n) is 7.39. The number of anilines is 2. The van der Waals surface area contributed by atoms with E-state index in [1.165, 1.54) is 15.6 Å². The van der Waals surface area contributed by atoms with E-state index in [1.54, 1.807) is 24.6 Å². The lowest BCUT2D eigenvalue weighted by Crippen LogP contribution is -1.98. The van der Waals surface area contributed by atoms with E-state index in [0.29, 0.717) is 6.61 Å². The van der Waals surface area contributed by atoms with Gasteiger partial charge in [-0.2, -0.15) is 0 Å². The van der Waals surface area contributed by atoms with Gasteiger partial charge in [0.2, 0.25) is 0 Å². The van der Waals surface area contributed by atoms with E-state index < -0.39 is 0 Å². The lowest BCUT2D eigenvalue weighted by Gasteiger charge is -2.14. The van der Waals surface area contributed by atoms with Crippen molar-refractivity contribution in [2.45, 2.75) is 6.61 Å². The summed E-state index contributed by atoms with van der Waals surface area (Å²) in [4.78, 5) is 4.21. The van der Waals surface area contributed by atoms with Crippen molar-refractivity contribution in [3.05, 3.63) is 102 Å². The molecule has 0 radical (unpaired) electrons. The average molecular weight is 439 g/mol. The summed E-state index contributed by atoms with van der Waals surface area (Å²) < 4.78 is 12.7. The number of thiophene rings is 1. The van der Waals surface area contributed by atoms with Gasteiger partial charge in [0.1, 0.15) is 18.1 Å². The van der Waals surface area contributed by atoms with Crippen LogP contribution in [0.25, 0.3) is 21.2 Å². The summed E-state index contributed by atoms with van der Waals surface area (Å²) >= 11 is 1.75. The molecule has 0 saturated heterocycles. The SMILES string of the molecule is COc1ccc(COc2cc(Nc3cccnc3)cc(-c3cccc4sccc34)c2)cc1. The van der Waals surface area contributed by atoms with Gasteiger partial charge in [0.05, 0.1) is 19.0 Å². The van der Waals surface area contributed by atoms with Crippen molar-refractivity contribution in [3.8, 4) is 22.6 Å². The molecule has 0 aliphatic carbocycles. The number of hydrogen-bond acceptors (Lipinski definition) is 5. The molecular weight excluding hydrogens is 416 g/mol. The standard InChI is InChI=1S/C27H22N2O2S/c1-30-23-9-7-19(8-10-23)18-31-24-15-20(25-5-2-6-27-26(25)11-13-32-27)14-22(16-24)29-21-4-3-12-28-17-21/h2-17,29H,18H2,1H3. The predicted molar refractivity (Wildman–Crippen MR) is 132 cm³/mol. The first-order valence-electron chi connectivity index (χ1n) is 10.3. The highest BCUT2D eigenvalue weighted by atomic mass is 32.1. The molecule has 0 unspecified atom stereocenters. The Balaban J connectivity index is 1.49. The molecule has 5 rings (SSSR count). The van der Waals surface area contributed by atoms with E-state index in [2.05, 4.69) is 52.1 Å². The number of nitrogens with zero attached hydrogens (tertiary/aromatic N) is 1. The van der Waals surface area contributed by atoms with Gasteiger partial charge in [-0.25, -0.2) is 0 Å². The Kier molecular flexibility index (Phi) is 5.73. The number of rotatable bonds is 7. The highest BCUT2D eigenvalue weighted by molar-refractivity contribution is 7.17. The molecule has 1 N–H and O–H groups in total. The van der Waals surface area contributed by atoms with Crippen molar-refractivity contribution in [3.63, 3.8) is 0 Å². The van der Waals surface area contributed by atoms with E-state index in [4.69, 9.17) is 9.47 Å². The lowest BCUT2D eigenvalue weighted by molar-refractivity contribution is 0.306. The van der Waals surface area contributed by atoms with Gasteiger partial charge in [-0.3, -0.25) is 4.98 Å². The Labute approximate surface area is 191 Å². The molecule has 0 saturated carbocycles. The molecule has 3 aromatic carbocycles. The number of fused-ring (bicyclic) bond motifs is 1. The van der Waals surface area contributed by atoms with Gasteiger partial charge in [0.15, 0.2) is 0 Å². The van der Waals surface area contributed by atoms with Crippen LogP contribution in [-0.2, 0) is 6.61 Å². The maximum absolute atomic E-state index is 6.21. The molecule has 4 nitrogen and oxygen atoms in total. The van der Waals surface area contributed by atoms with Gasteiger partial charge in [0.25, 0.3) is 0 Å². The molecule has 0 aliphatic rings. The van der Waals surface area contributed by atoms with Crippen molar-refractivity contribution in [2.24, 2.45) is 0 Å². The van der Waals surface area contributed by atoms with Crippen LogP contribution in [0.15, 0.2) is 96.6 Å². The largest absolute Gasteiger partial charge is 0.497 e. The topological polar surface area (TPSA) is 43.4 Å². The Morgan fingerprint density at radius 1 is 0.875 bits per heavy atom. The zero-order valence-electron chi connectivity index (χ0n) is 17.6. The summed E-state index contributed by atoms with van der Waals surface area (Å²) in [7, 11) is 1.67. The number of hydrogen-bond donors (Lipinski definition) is 1. The van der Waals surface area contributed by atoms with Crippen LogP contribution < -0.4 is 14.8 Å². The molecule has 0 aliphatic heterocycles. The van der Waals surface area contributed by atoms with Gasteiger partial charge < -0.3 is 14.8 Å². The lowest BCUT2D eigenvalue weighted by atomic mass is 10.0. The maximum atomic E-state index is 6.21. The first-order chi connectivity index (χ1) is 15.8. The molecule has 0 fully saturated rings. The minimum Gasteiger partial charge on any atom is -0.497 e. The van der Waals surface area contributed by atoms with Crippen LogP contribution in [0.4, 0.5) is 11.4 Å². The first-order valence-corrected chi connectivity index (χ1v) is 11.2. The van der Waals surface area contributed by atoms with Gasteiger partial charge in [-0.15, -0.1) is 11.3 Å². The fourth-order valence-electron chi connectivity index (χ4n) is 3.65. The van der Waals surface area contributed by atoms with Crippen molar-refractivity contribution >= 4 is 32.8 Å². The third-order valence-corrected chi connectivity index (χ3v) is 6.11. The Hall–Kier alpha value is -3.83. The Morgan fingerprint density at radius 2 is 1.78 bits per heavy atom. The second kappa shape index (κ2) is 9.12. The molecule has 2 heterocycles. The van der Waals surface area contributed by atoms with Gasteiger partial charge in [0, 0.05) is 28.0 Å². The first kappa shape index (κ1) is 20.1. The van der Waals surface area contributed by atoms with E-state index in [1.807, 2.05) is 48.7 Å². The fourth-order valence-corrected chi connectivity index (χ4v) is 4.46. The molecular formula is C27H22N2O2S. The highest BCUT2D eigenvalue weighted by Gasteiger charge is 2.09. The van der Waals surface area contributed by atoms with E-state index >= 15 is 0 Å². The Morgan fingerprint density at radius 3 is 2.59 bits per heavy atom. The molecule has 0 amide bonds. The fraction of sp³-hybridized carbons (Fsp3) is 0.0741. The summed E-state index contributed by atoms with van der Waals surface area (Å²) in [5, 5.41) is 6.83. The molecule has 5 heteroatoms. The van der Waals surface area contributed by atoms with Crippen LogP contribution in [0.5, 0.6) is 11.5 Å². The number of methoxy groups -OCH3 is 1. The summed E-state index contributed by atoms with van der Waals surface area (Å²) in [6.45, 7) is 0.475. The van der Waals surface area contributed by atoms with Crippen LogP contribution >= 0.6 is 11.3 Å². The quantitative estimate of drug-likeness (QED) is 0.290. The maximum Gasteiger partial charge on any atom is 0.122 e. The molecule has 0 spiro atoms. The normalized spacial score (nSPS) is 10.8. The highest BCUT2D eigenvalue weighted by Crippen LogP contribution is 2.36. The van der Waals surface area contributed by atoms with Crippen molar-refractivity contribution in [1.82, 2.24) is 4.98 Å². The third-order valence-electron chi connectivity index (χ3n) is 5.23. The second-order valence-corrected chi connectivity index (χ2v) is 8.34. The van der Waals surface area contributed by atoms with Crippen LogP contribution in [0, 0.1) is 0 Å². The molecule has 32 heavy (non-hydrogen) atoms. The number of nitrogens with one attached hydrogen (secondary N) is 1. The van der Waals surface area contributed by atoms with Gasteiger partial charge in [-0.1, -0.05) is 24.3 Å². The predicted octanol–water partition coefficient (Wildman–Crippen LogP) is 7.29. The minimum atomic E-state index is 0.475. The molecule has 0 bridgehead atoms. The van der Waals surface area contributed by atoms with Crippen LogP contribution in [0.3, 0.4) is 0 Å². The summed E-state index contributed by atoms with van der Waals surface area (Å²) in [6, 6.07) is 26.7. The molecule has 2 aromatic heterocycles. The van der Waals surface area contributed by atoms with Crippen molar-refractivity contribution in [2.75, 3.05) is 12.4 Å². The summed E-state index contributed by atoms with van der Waals surface area (Å²) in [5.41, 5.74) is 5.25. The number of aromatic nitrogens is 1. The van der Waals surface area contributed by atoms with Gasteiger partial charge in [-0.05, 0) is 70.6 Å².